The highest BCUT2D eigenvalue weighted by Gasteiger charge is 2.18. The summed E-state index contributed by atoms with van der Waals surface area (Å²) in [7, 11) is -3.86. The van der Waals surface area contributed by atoms with Crippen molar-refractivity contribution in [2.45, 2.75) is 31.7 Å². The lowest BCUT2D eigenvalue weighted by Gasteiger charge is -2.10. The van der Waals surface area contributed by atoms with Crippen molar-refractivity contribution >= 4 is 10.0 Å². The molecule has 1 aromatic rings. The standard InChI is InChI=1S/C14H23FN2O3S/c1-11(2)10-20-7-3-6-17-21(18,19)14-8-12(9-16)4-5-13(14)15/h4-5,8,11,17H,3,6-7,9-10,16H2,1-2H3. The van der Waals surface area contributed by atoms with Crippen LogP contribution in [0.25, 0.3) is 0 Å². The molecule has 0 aliphatic rings. The zero-order valence-electron chi connectivity index (χ0n) is 12.4. The molecule has 0 aromatic heterocycles. The van der Waals surface area contributed by atoms with Crippen LogP contribution in [0.5, 0.6) is 0 Å². The van der Waals surface area contributed by atoms with Crippen LogP contribution in [-0.4, -0.2) is 28.2 Å². The summed E-state index contributed by atoms with van der Waals surface area (Å²) in [6, 6.07) is 3.84. The number of nitrogens with one attached hydrogen (secondary N) is 1. The number of rotatable bonds is 9. The van der Waals surface area contributed by atoms with Crippen molar-refractivity contribution in [2.75, 3.05) is 19.8 Å². The van der Waals surface area contributed by atoms with E-state index in [1.807, 2.05) is 13.8 Å². The molecule has 0 unspecified atom stereocenters. The second kappa shape index (κ2) is 8.43. The molecule has 0 fully saturated rings. The fraction of sp³-hybridized carbons (Fsp3) is 0.571. The van der Waals surface area contributed by atoms with Crippen LogP contribution in [0.15, 0.2) is 23.1 Å². The van der Waals surface area contributed by atoms with Gasteiger partial charge in [0.15, 0.2) is 0 Å². The van der Waals surface area contributed by atoms with Crippen molar-refractivity contribution in [2.24, 2.45) is 11.7 Å². The van der Waals surface area contributed by atoms with Crippen molar-refractivity contribution in [3.8, 4) is 0 Å². The van der Waals surface area contributed by atoms with Crippen LogP contribution in [0, 0.1) is 11.7 Å². The molecular formula is C14H23FN2O3S. The Hall–Kier alpha value is -1.02. The van der Waals surface area contributed by atoms with Crippen LogP contribution in [0.3, 0.4) is 0 Å². The molecular weight excluding hydrogens is 295 g/mol. The summed E-state index contributed by atoms with van der Waals surface area (Å²) >= 11 is 0. The molecule has 1 aromatic carbocycles. The van der Waals surface area contributed by atoms with Crippen LogP contribution in [0.1, 0.15) is 25.8 Å². The highest BCUT2D eigenvalue weighted by molar-refractivity contribution is 7.89. The van der Waals surface area contributed by atoms with Gasteiger partial charge in [0.2, 0.25) is 10.0 Å². The molecule has 3 N–H and O–H groups in total. The zero-order chi connectivity index (χ0) is 15.9. The predicted octanol–water partition coefficient (Wildman–Crippen LogP) is 1.63. The molecule has 0 atom stereocenters. The minimum absolute atomic E-state index is 0.159. The molecule has 0 bridgehead atoms. The summed E-state index contributed by atoms with van der Waals surface area (Å²) in [5, 5.41) is 0. The summed E-state index contributed by atoms with van der Waals surface area (Å²) in [5.41, 5.74) is 6.00. The maximum Gasteiger partial charge on any atom is 0.243 e. The third kappa shape index (κ3) is 6.09. The van der Waals surface area contributed by atoms with Crippen LogP contribution >= 0.6 is 0 Å². The van der Waals surface area contributed by atoms with Gasteiger partial charge in [-0.2, -0.15) is 0 Å². The lowest BCUT2D eigenvalue weighted by atomic mass is 10.2. The quantitative estimate of drug-likeness (QED) is 0.678. The first-order valence-corrected chi connectivity index (χ1v) is 8.41. The zero-order valence-corrected chi connectivity index (χ0v) is 13.2. The molecule has 5 nitrogen and oxygen atoms in total. The van der Waals surface area contributed by atoms with Crippen LogP contribution in [-0.2, 0) is 21.3 Å². The molecule has 0 radical (unpaired) electrons. The molecule has 1 rings (SSSR count). The van der Waals surface area contributed by atoms with Gasteiger partial charge in [0, 0.05) is 26.3 Å². The van der Waals surface area contributed by atoms with Crippen LogP contribution < -0.4 is 10.5 Å². The lowest BCUT2D eigenvalue weighted by Crippen LogP contribution is -2.26. The van der Waals surface area contributed by atoms with E-state index in [1.165, 1.54) is 12.1 Å². The maximum atomic E-state index is 13.6. The third-order valence-corrected chi connectivity index (χ3v) is 4.21. The van der Waals surface area contributed by atoms with Gasteiger partial charge in [-0.15, -0.1) is 0 Å². The predicted molar refractivity (Wildman–Crippen MR) is 79.8 cm³/mol. The first-order valence-electron chi connectivity index (χ1n) is 6.92. The van der Waals surface area contributed by atoms with Crippen molar-refractivity contribution in [1.82, 2.24) is 4.72 Å². The van der Waals surface area contributed by atoms with Gasteiger partial charge in [-0.05, 0) is 30.0 Å². The number of sulfonamides is 1. The van der Waals surface area contributed by atoms with E-state index in [9.17, 15) is 12.8 Å². The van der Waals surface area contributed by atoms with Crippen molar-refractivity contribution in [1.29, 1.82) is 0 Å². The Morgan fingerprint density at radius 1 is 1.38 bits per heavy atom. The Morgan fingerprint density at radius 2 is 2.10 bits per heavy atom. The monoisotopic (exact) mass is 318 g/mol. The SMILES string of the molecule is CC(C)COCCCNS(=O)(=O)c1cc(CN)ccc1F. The number of halogens is 1. The van der Waals surface area contributed by atoms with Crippen molar-refractivity contribution < 1.29 is 17.5 Å². The van der Waals surface area contributed by atoms with Crippen LogP contribution in [0.2, 0.25) is 0 Å². The van der Waals surface area contributed by atoms with Crippen LogP contribution in [0.4, 0.5) is 4.39 Å². The molecule has 21 heavy (non-hydrogen) atoms. The van der Waals surface area contributed by atoms with Gasteiger partial charge in [-0.25, -0.2) is 17.5 Å². The third-order valence-electron chi connectivity index (χ3n) is 2.73. The van der Waals surface area contributed by atoms with E-state index in [2.05, 4.69) is 4.72 Å². The average molecular weight is 318 g/mol. The Kier molecular flexibility index (Phi) is 7.24. The van der Waals surface area contributed by atoms with E-state index in [1.54, 1.807) is 0 Å². The molecule has 120 valence electrons. The number of hydrogen-bond acceptors (Lipinski definition) is 4. The first-order chi connectivity index (χ1) is 9.86. The Balaban J connectivity index is 2.54. The fourth-order valence-corrected chi connectivity index (χ4v) is 2.86. The smallest absolute Gasteiger partial charge is 0.243 e. The van der Waals surface area contributed by atoms with Gasteiger partial charge in [-0.3, -0.25) is 0 Å². The minimum atomic E-state index is -3.86. The van der Waals surface area contributed by atoms with Gasteiger partial charge in [-0.1, -0.05) is 19.9 Å². The van der Waals surface area contributed by atoms with E-state index < -0.39 is 15.8 Å². The van der Waals surface area contributed by atoms with Gasteiger partial charge < -0.3 is 10.5 Å². The van der Waals surface area contributed by atoms with Gasteiger partial charge in [0.1, 0.15) is 10.7 Å². The molecule has 0 spiro atoms. The largest absolute Gasteiger partial charge is 0.381 e. The minimum Gasteiger partial charge on any atom is -0.381 e. The number of hydrogen-bond donors (Lipinski definition) is 2. The summed E-state index contributed by atoms with van der Waals surface area (Å²) < 4.78 is 45.4. The highest BCUT2D eigenvalue weighted by atomic mass is 32.2. The maximum absolute atomic E-state index is 13.6. The molecule has 0 aliphatic heterocycles. The molecule has 7 heteroatoms. The summed E-state index contributed by atoms with van der Waals surface area (Å²) in [6.45, 7) is 5.54. The Bertz CT molecular complexity index is 547. The second-order valence-corrected chi connectivity index (χ2v) is 6.92. The molecule has 0 saturated heterocycles. The molecule has 0 heterocycles. The summed E-state index contributed by atoms with van der Waals surface area (Å²) in [6.07, 6.45) is 0.532. The van der Waals surface area contributed by atoms with E-state index in [0.29, 0.717) is 31.1 Å². The fourth-order valence-electron chi connectivity index (χ4n) is 1.66. The number of benzene rings is 1. The molecule has 0 saturated carbocycles. The Morgan fingerprint density at radius 3 is 2.71 bits per heavy atom. The first kappa shape index (κ1) is 18.0. The van der Waals surface area contributed by atoms with E-state index in [4.69, 9.17) is 10.5 Å². The van der Waals surface area contributed by atoms with Crippen molar-refractivity contribution in [3.63, 3.8) is 0 Å². The van der Waals surface area contributed by atoms with E-state index >= 15 is 0 Å². The summed E-state index contributed by atoms with van der Waals surface area (Å²) in [5.74, 6) is -0.342. The second-order valence-electron chi connectivity index (χ2n) is 5.19. The van der Waals surface area contributed by atoms with Gasteiger partial charge in [0.25, 0.3) is 0 Å². The molecule has 0 aliphatic carbocycles. The van der Waals surface area contributed by atoms with Gasteiger partial charge >= 0.3 is 0 Å². The average Bonchev–Trinajstić information content (AvgIpc) is 2.42. The molecule has 0 amide bonds. The number of ether oxygens (including phenoxy) is 1. The topological polar surface area (TPSA) is 81.4 Å². The van der Waals surface area contributed by atoms with Gasteiger partial charge in [0.05, 0.1) is 0 Å². The van der Waals surface area contributed by atoms with E-state index in [0.717, 1.165) is 6.07 Å². The lowest BCUT2D eigenvalue weighted by molar-refractivity contribution is 0.108. The Labute approximate surface area is 125 Å². The highest BCUT2D eigenvalue weighted by Crippen LogP contribution is 2.16. The van der Waals surface area contributed by atoms with E-state index in [-0.39, 0.29) is 18.0 Å². The summed E-state index contributed by atoms with van der Waals surface area (Å²) in [4.78, 5) is -0.367. The normalized spacial score (nSPS) is 12.0. The number of nitrogens with two attached hydrogens (primary N) is 1. The van der Waals surface area contributed by atoms with Crippen molar-refractivity contribution in [3.05, 3.63) is 29.6 Å².